The molecule has 1 aliphatic carbocycles. The highest BCUT2D eigenvalue weighted by Gasteiger charge is 2.42. The molecular weight excluding hydrogens is 234 g/mol. The quantitative estimate of drug-likeness (QED) is 0.729. The zero-order valence-corrected chi connectivity index (χ0v) is 12.4. The van der Waals surface area contributed by atoms with Crippen LogP contribution in [0.15, 0.2) is 0 Å². The molecule has 0 aliphatic heterocycles. The molecular formula is C13H27NO2S. The van der Waals surface area contributed by atoms with Crippen molar-refractivity contribution in [3.8, 4) is 0 Å². The highest BCUT2D eigenvalue weighted by Crippen LogP contribution is 2.48. The maximum atomic E-state index is 11.8. The molecule has 1 aliphatic rings. The third-order valence-electron chi connectivity index (χ3n) is 3.64. The van der Waals surface area contributed by atoms with Gasteiger partial charge in [-0.25, -0.2) is 8.42 Å². The summed E-state index contributed by atoms with van der Waals surface area (Å²) in [4.78, 5) is 0. The van der Waals surface area contributed by atoms with Crippen molar-refractivity contribution in [1.29, 1.82) is 0 Å². The Kier molecular flexibility index (Phi) is 5.02. The summed E-state index contributed by atoms with van der Waals surface area (Å²) < 4.78 is 23.5. The van der Waals surface area contributed by atoms with E-state index < -0.39 is 9.84 Å². The summed E-state index contributed by atoms with van der Waals surface area (Å²) >= 11 is 0. The van der Waals surface area contributed by atoms with Crippen molar-refractivity contribution < 1.29 is 8.42 Å². The molecule has 4 heteroatoms. The molecule has 0 atom stereocenters. The molecule has 0 heterocycles. The van der Waals surface area contributed by atoms with Crippen LogP contribution >= 0.6 is 0 Å². The molecule has 102 valence electrons. The topological polar surface area (TPSA) is 46.2 Å². The van der Waals surface area contributed by atoms with Crippen LogP contribution in [-0.4, -0.2) is 32.5 Å². The van der Waals surface area contributed by atoms with E-state index in [2.05, 4.69) is 19.2 Å². The Morgan fingerprint density at radius 3 is 2.18 bits per heavy atom. The minimum atomic E-state index is -2.86. The zero-order chi connectivity index (χ0) is 13.1. The van der Waals surface area contributed by atoms with Crippen molar-refractivity contribution >= 4 is 9.84 Å². The van der Waals surface area contributed by atoms with Crippen LogP contribution in [0.25, 0.3) is 0 Å². The Labute approximate surface area is 106 Å². The van der Waals surface area contributed by atoms with Crippen LogP contribution in [0.5, 0.6) is 0 Å². The van der Waals surface area contributed by atoms with Gasteiger partial charge in [0.1, 0.15) is 0 Å². The molecule has 0 spiro atoms. The average molecular weight is 261 g/mol. The van der Waals surface area contributed by atoms with E-state index in [-0.39, 0.29) is 10.7 Å². The molecule has 1 rings (SSSR count). The van der Waals surface area contributed by atoms with E-state index in [4.69, 9.17) is 0 Å². The third-order valence-corrected chi connectivity index (χ3v) is 5.85. The van der Waals surface area contributed by atoms with E-state index >= 15 is 0 Å². The van der Waals surface area contributed by atoms with E-state index in [1.54, 1.807) is 13.8 Å². The van der Waals surface area contributed by atoms with Crippen LogP contribution in [0, 0.1) is 11.3 Å². The molecule has 0 aromatic carbocycles. The second-order valence-corrected chi connectivity index (χ2v) is 8.87. The fraction of sp³-hybridized carbons (Fsp3) is 1.00. The van der Waals surface area contributed by atoms with Gasteiger partial charge < -0.3 is 5.32 Å². The number of rotatable bonds is 8. The largest absolute Gasteiger partial charge is 0.316 e. The van der Waals surface area contributed by atoms with Gasteiger partial charge in [-0.1, -0.05) is 13.8 Å². The summed E-state index contributed by atoms with van der Waals surface area (Å²) in [7, 11) is -2.86. The lowest BCUT2D eigenvalue weighted by Gasteiger charge is -2.17. The molecule has 1 saturated carbocycles. The fourth-order valence-corrected chi connectivity index (χ4v) is 3.10. The maximum Gasteiger partial charge on any atom is 0.152 e. The van der Waals surface area contributed by atoms with E-state index in [1.165, 1.54) is 12.8 Å². The Bertz CT molecular complexity index is 329. The Morgan fingerprint density at radius 1 is 1.18 bits per heavy atom. The van der Waals surface area contributed by atoms with Gasteiger partial charge >= 0.3 is 0 Å². The summed E-state index contributed by atoms with van der Waals surface area (Å²) in [6, 6.07) is 0. The first kappa shape index (κ1) is 15.0. The van der Waals surface area contributed by atoms with Crippen LogP contribution < -0.4 is 5.32 Å². The third kappa shape index (κ3) is 4.96. The molecule has 3 nitrogen and oxygen atoms in total. The zero-order valence-electron chi connectivity index (χ0n) is 11.6. The molecule has 1 fully saturated rings. The van der Waals surface area contributed by atoms with Crippen molar-refractivity contribution in [3.05, 3.63) is 0 Å². The average Bonchev–Trinajstić information content (AvgIpc) is 2.95. The first-order valence-corrected chi connectivity index (χ1v) is 8.41. The highest BCUT2D eigenvalue weighted by atomic mass is 32.2. The van der Waals surface area contributed by atoms with Crippen molar-refractivity contribution in [1.82, 2.24) is 5.32 Å². The molecule has 0 unspecified atom stereocenters. The van der Waals surface area contributed by atoms with Crippen LogP contribution in [-0.2, 0) is 9.84 Å². The number of hydrogen-bond acceptors (Lipinski definition) is 3. The lowest BCUT2D eigenvalue weighted by Crippen LogP contribution is -2.29. The monoisotopic (exact) mass is 261 g/mol. The summed E-state index contributed by atoms with van der Waals surface area (Å²) in [5.41, 5.74) is 0.289. The van der Waals surface area contributed by atoms with Crippen molar-refractivity contribution in [3.63, 3.8) is 0 Å². The molecule has 17 heavy (non-hydrogen) atoms. The van der Waals surface area contributed by atoms with E-state index in [0.717, 1.165) is 19.5 Å². The second-order valence-electron chi connectivity index (χ2n) is 6.19. The maximum absolute atomic E-state index is 11.8. The lowest BCUT2D eigenvalue weighted by molar-refractivity contribution is 0.422. The van der Waals surface area contributed by atoms with E-state index in [9.17, 15) is 8.42 Å². The summed E-state index contributed by atoms with van der Waals surface area (Å²) in [6.07, 6.45) is 3.20. The second kappa shape index (κ2) is 5.70. The predicted molar refractivity (Wildman–Crippen MR) is 72.9 cm³/mol. The smallest absolute Gasteiger partial charge is 0.152 e. The minimum Gasteiger partial charge on any atom is -0.316 e. The summed E-state index contributed by atoms with van der Waals surface area (Å²) in [5.74, 6) is 1.01. The minimum absolute atomic E-state index is 0.234. The molecule has 0 aromatic rings. The number of nitrogens with one attached hydrogen (secondary N) is 1. The Balaban J connectivity index is 2.31. The number of hydrogen-bond donors (Lipinski definition) is 1. The summed E-state index contributed by atoms with van der Waals surface area (Å²) in [5, 5.41) is 3.22. The molecule has 0 saturated heterocycles. The summed E-state index contributed by atoms with van der Waals surface area (Å²) in [6.45, 7) is 9.93. The highest BCUT2D eigenvalue weighted by molar-refractivity contribution is 7.91. The van der Waals surface area contributed by atoms with Gasteiger partial charge in [0.05, 0.1) is 11.0 Å². The first-order chi connectivity index (χ1) is 7.77. The van der Waals surface area contributed by atoms with Gasteiger partial charge in [-0.05, 0) is 51.0 Å². The van der Waals surface area contributed by atoms with Gasteiger partial charge in [-0.15, -0.1) is 0 Å². The van der Waals surface area contributed by atoms with Crippen molar-refractivity contribution in [2.45, 2.75) is 52.2 Å². The van der Waals surface area contributed by atoms with Crippen molar-refractivity contribution in [2.24, 2.45) is 11.3 Å². The van der Waals surface area contributed by atoms with Gasteiger partial charge in [0, 0.05) is 6.54 Å². The standard InChI is InChI=1S/C13H27NO2S/c1-11(2)9-14-10-13(5-6-13)7-8-17(15,16)12(3)4/h11-12,14H,5-10H2,1-4H3. The van der Waals surface area contributed by atoms with E-state index in [1.807, 2.05) is 0 Å². The molecule has 0 aromatic heterocycles. The normalized spacial score (nSPS) is 18.9. The van der Waals surface area contributed by atoms with Gasteiger partial charge in [-0.3, -0.25) is 0 Å². The molecule has 1 N–H and O–H groups in total. The van der Waals surface area contributed by atoms with Gasteiger partial charge in [-0.2, -0.15) is 0 Å². The van der Waals surface area contributed by atoms with Crippen LogP contribution in [0.3, 0.4) is 0 Å². The van der Waals surface area contributed by atoms with Crippen molar-refractivity contribution in [2.75, 3.05) is 18.8 Å². The lowest BCUT2D eigenvalue weighted by atomic mass is 10.0. The molecule has 0 amide bonds. The van der Waals surface area contributed by atoms with Gasteiger partial charge in [0.25, 0.3) is 0 Å². The Morgan fingerprint density at radius 2 is 1.76 bits per heavy atom. The van der Waals surface area contributed by atoms with Crippen LogP contribution in [0.4, 0.5) is 0 Å². The predicted octanol–water partition coefficient (Wildman–Crippen LogP) is 2.23. The molecule has 0 radical (unpaired) electrons. The fourth-order valence-electron chi connectivity index (χ4n) is 1.91. The van der Waals surface area contributed by atoms with Crippen LogP contribution in [0.1, 0.15) is 47.0 Å². The molecule has 0 bridgehead atoms. The Hall–Kier alpha value is -0.0900. The van der Waals surface area contributed by atoms with Gasteiger partial charge in [0.2, 0.25) is 0 Å². The SMILES string of the molecule is CC(C)CNCC1(CCS(=O)(=O)C(C)C)CC1. The first-order valence-electron chi connectivity index (χ1n) is 6.70. The van der Waals surface area contributed by atoms with Crippen LogP contribution in [0.2, 0.25) is 0 Å². The van der Waals surface area contributed by atoms with Gasteiger partial charge in [0.15, 0.2) is 9.84 Å². The van der Waals surface area contributed by atoms with E-state index in [0.29, 0.717) is 11.7 Å². The number of sulfone groups is 1.